The van der Waals surface area contributed by atoms with Crippen molar-refractivity contribution in [3.8, 4) is 17.2 Å². The van der Waals surface area contributed by atoms with Crippen molar-refractivity contribution in [1.29, 1.82) is 0 Å². The number of amides is 1. The Balaban J connectivity index is 2.04. The lowest BCUT2D eigenvalue weighted by Gasteiger charge is -2.18. The second-order valence-electron chi connectivity index (χ2n) is 6.90. The number of hydrogen-bond acceptors (Lipinski definition) is 7. The van der Waals surface area contributed by atoms with E-state index in [4.69, 9.17) is 18.9 Å². The molecule has 0 aromatic heterocycles. The van der Waals surface area contributed by atoms with Gasteiger partial charge in [-0.1, -0.05) is 0 Å². The zero-order valence-corrected chi connectivity index (χ0v) is 17.0. The lowest BCUT2D eigenvalue weighted by molar-refractivity contribution is 0.0529. The Hall–Kier alpha value is -3.55. The van der Waals surface area contributed by atoms with Gasteiger partial charge in [0, 0.05) is 0 Å². The van der Waals surface area contributed by atoms with Crippen LogP contribution in [-0.4, -0.2) is 38.1 Å². The first-order chi connectivity index (χ1) is 13.7. The summed E-state index contributed by atoms with van der Waals surface area (Å²) >= 11 is 0. The third kappa shape index (κ3) is 6.84. The molecule has 8 heteroatoms. The molecule has 0 unspecified atom stereocenters. The van der Waals surface area contributed by atoms with E-state index in [1.165, 1.54) is 13.3 Å². The number of carbonyl (C=O) groups is 2. The number of hydrogen-bond donors (Lipinski definition) is 1. The van der Waals surface area contributed by atoms with E-state index in [2.05, 4.69) is 10.5 Å². The van der Waals surface area contributed by atoms with Gasteiger partial charge >= 0.3 is 12.1 Å². The Labute approximate surface area is 169 Å². The predicted molar refractivity (Wildman–Crippen MR) is 108 cm³/mol. The van der Waals surface area contributed by atoms with Crippen LogP contribution in [0.2, 0.25) is 0 Å². The minimum atomic E-state index is -0.661. The number of benzene rings is 2. The Kier molecular flexibility index (Phi) is 7.19. The summed E-state index contributed by atoms with van der Waals surface area (Å²) in [5.41, 5.74) is 2.66. The summed E-state index contributed by atoms with van der Waals surface area (Å²) in [7, 11) is 3.01. The number of methoxy groups -OCH3 is 2. The first-order valence-electron chi connectivity index (χ1n) is 8.78. The maximum absolute atomic E-state index is 12.3. The van der Waals surface area contributed by atoms with E-state index < -0.39 is 17.7 Å². The van der Waals surface area contributed by atoms with Gasteiger partial charge in [-0.15, -0.1) is 0 Å². The fourth-order valence-corrected chi connectivity index (χ4v) is 2.20. The maximum atomic E-state index is 12.3. The Morgan fingerprint density at radius 2 is 1.66 bits per heavy atom. The van der Waals surface area contributed by atoms with E-state index in [0.29, 0.717) is 22.6 Å². The number of carbonyl (C=O) groups excluding carboxylic acids is 2. The predicted octanol–water partition coefficient (Wildman–Crippen LogP) is 3.78. The molecule has 0 saturated heterocycles. The molecule has 0 atom stereocenters. The minimum Gasteiger partial charge on any atom is -0.497 e. The number of nitrogens with one attached hydrogen (secondary N) is 1. The summed E-state index contributed by atoms with van der Waals surface area (Å²) in [4.78, 5) is 23.9. The molecule has 1 N–H and O–H groups in total. The van der Waals surface area contributed by atoms with Gasteiger partial charge in [0.25, 0.3) is 0 Å². The van der Waals surface area contributed by atoms with Crippen molar-refractivity contribution in [3.63, 3.8) is 0 Å². The molecule has 0 aliphatic rings. The van der Waals surface area contributed by atoms with Crippen LogP contribution in [-0.2, 0) is 4.74 Å². The largest absolute Gasteiger partial charge is 0.497 e. The highest BCUT2D eigenvalue weighted by Crippen LogP contribution is 2.28. The minimum absolute atomic E-state index is 0.255. The molecule has 0 fully saturated rings. The average molecular weight is 400 g/mol. The quantitative estimate of drug-likeness (QED) is 0.343. The Bertz CT molecular complexity index is 885. The van der Waals surface area contributed by atoms with Crippen LogP contribution in [0.25, 0.3) is 0 Å². The molecule has 29 heavy (non-hydrogen) atoms. The molecular formula is C21H24N2O6. The molecule has 0 saturated carbocycles. The normalized spacial score (nSPS) is 11.1. The first kappa shape index (κ1) is 21.7. The molecule has 0 spiro atoms. The number of hydrazone groups is 1. The van der Waals surface area contributed by atoms with Crippen molar-refractivity contribution < 1.29 is 28.5 Å². The van der Waals surface area contributed by atoms with Crippen LogP contribution in [0.5, 0.6) is 17.2 Å². The van der Waals surface area contributed by atoms with Crippen molar-refractivity contribution in [2.24, 2.45) is 5.10 Å². The lowest BCUT2D eigenvalue weighted by atomic mass is 10.2. The Morgan fingerprint density at radius 3 is 2.24 bits per heavy atom. The van der Waals surface area contributed by atoms with E-state index in [1.807, 2.05) is 0 Å². The van der Waals surface area contributed by atoms with Crippen LogP contribution in [0.3, 0.4) is 0 Å². The molecule has 8 nitrogen and oxygen atoms in total. The number of ether oxygens (including phenoxy) is 4. The first-order valence-corrected chi connectivity index (χ1v) is 8.78. The summed E-state index contributed by atoms with van der Waals surface area (Å²) in [6.07, 6.45) is 0.757. The highest BCUT2D eigenvalue weighted by atomic mass is 16.6. The highest BCUT2D eigenvalue weighted by molar-refractivity contribution is 5.91. The van der Waals surface area contributed by atoms with Crippen LogP contribution < -0.4 is 19.6 Å². The standard InChI is InChI=1S/C21H24N2O6/c1-21(2,3)29-20(25)23-22-13-14-6-11-17(18(12-14)27-5)28-19(24)15-7-9-16(26-4)10-8-15/h6-13H,1-5H3,(H,23,25)/b22-13-. The molecule has 0 aliphatic carbocycles. The zero-order chi connectivity index (χ0) is 21.4. The van der Waals surface area contributed by atoms with Crippen LogP contribution >= 0.6 is 0 Å². The smallest absolute Gasteiger partial charge is 0.428 e. The van der Waals surface area contributed by atoms with Crippen LogP contribution in [0.15, 0.2) is 47.6 Å². The van der Waals surface area contributed by atoms with Gasteiger partial charge in [-0.2, -0.15) is 5.10 Å². The van der Waals surface area contributed by atoms with Crippen molar-refractivity contribution in [2.45, 2.75) is 26.4 Å². The SMILES string of the molecule is COc1ccc(C(=O)Oc2ccc(/C=N\NC(=O)OC(C)(C)C)cc2OC)cc1. The number of rotatable bonds is 6. The second-order valence-corrected chi connectivity index (χ2v) is 6.90. The average Bonchev–Trinajstić information content (AvgIpc) is 2.67. The summed E-state index contributed by atoms with van der Waals surface area (Å²) in [5.74, 6) is 0.709. The molecular weight excluding hydrogens is 376 g/mol. The third-order valence-electron chi connectivity index (χ3n) is 3.48. The Morgan fingerprint density at radius 1 is 0.966 bits per heavy atom. The van der Waals surface area contributed by atoms with Gasteiger partial charge in [-0.25, -0.2) is 15.0 Å². The van der Waals surface area contributed by atoms with Crippen molar-refractivity contribution in [1.82, 2.24) is 5.43 Å². The summed E-state index contributed by atoms with van der Waals surface area (Å²) in [5, 5.41) is 3.83. The van der Waals surface area contributed by atoms with Gasteiger partial charge in [-0.05, 0) is 68.8 Å². The highest BCUT2D eigenvalue weighted by Gasteiger charge is 2.15. The van der Waals surface area contributed by atoms with Crippen molar-refractivity contribution >= 4 is 18.3 Å². The zero-order valence-electron chi connectivity index (χ0n) is 17.0. The number of esters is 1. The maximum Gasteiger partial charge on any atom is 0.428 e. The molecule has 0 radical (unpaired) electrons. The van der Waals surface area contributed by atoms with E-state index in [0.717, 1.165) is 0 Å². The topological polar surface area (TPSA) is 95.5 Å². The monoisotopic (exact) mass is 400 g/mol. The molecule has 154 valence electrons. The summed E-state index contributed by atoms with van der Waals surface area (Å²) in [6, 6.07) is 11.4. The van der Waals surface area contributed by atoms with Crippen LogP contribution in [0.4, 0.5) is 4.79 Å². The van der Waals surface area contributed by atoms with E-state index in [-0.39, 0.29) is 5.75 Å². The molecule has 0 bridgehead atoms. The van der Waals surface area contributed by atoms with Gasteiger partial charge in [0.15, 0.2) is 11.5 Å². The molecule has 2 aromatic carbocycles. The molecule has 1 amide bonds. The van der Waals surface area contributed by atoms with Gasteiger partial charge in [0.1, 0.15) is 11.4 Å². The van der Waals surface area contributed by atoms with Gasteiger partial charge < -0.3 is 18.9 Å². The molecule has 0 aliphatic heterocycles. The van der Waals surface area contributed by atoms with Crippen molar-refractivity contribution in [2.75, 3.05) is 14.2 Å². The lowest BCUT2D eigenvalue weighted by Crippen LogP contribution is -2.29. The third-order valence-corrected chi connectivity index (χ3v) is 3.48. The van der Waals surface area contributed by atoms with Crippen molar-refractivity contribution in [3.05, 3.63) is 53.6 Å². The van der Waals surface area contributed by atoms with Gasteiger partial charge in [0.05, 0.1) is 26.0 Å². The van der Waals surface area contributed by atoms with Gasteiger partial charge in [0.2, 0.25) is 0 Å². The second kappa shape index (κ2) is 9.59. The van der Waals surface area contributed by atoms with E-state index in [9.17, 15) is 9.59 Å². The van der Waals surface area contributed by atoms with Crippen LogP contribution in [0, 0.1) is 0 Å². The number of nitrogens with zero attached hydrogens (tertiary/aromatic N) is 1. The molecule has 0 heterocycles. The fraction of sp³-hybridized carbons (Fsp3) is 0.286. The van der Waals surface area contributed by atoms with E-state index in [1.54, 1.807) is 70.3 Å². The van der Waals surface area contributed by atoms with E-state index >= 15 is 0 Å². The van der Waals surface area contributed by atoms with Gasteiger partial charge in [-0.3, -0.25) is 0 Å². The summed E-state index contributed by atoms with van der Waals surface area (Å²) < 4.78 is 20.8. The van der Waals surface area contributed by atoms with Crippen LogP contribution in [0.1, 0.15) is 36.7 Å². The molecule has 2 aromatic rings. The molecule has 2 rings (SSSR count). The fourth-order valence-electron chi connectivity index (χ4n) is 2.20. The summed E-state index contributed by atoms with van der Waals surface area (Å²) in [6.45, 7) is 5.27.